The average molecular weight is 266 g/mol. The van der Waals surface area contributed by atoms with Crippen molar-refractivity contribution in [2.24, 2.45) is 0 Å². The maximum atomic E-state index is 5.32. The van der Waals surface area contributed by atoms with Crippen LogP contribution in [0.1, 0.15) is 43.9 Å². The molecule has 0 bridgehead atoms. The molecule has 0 saturated heterocycles. The lowest BCUT2D eigenvalue weighted by Crippen LogP contribution is -2.40. The Kier molecular flexibility index (Phi) is 4.58. The molecule has 1 aromatic rings. The van der Waals surface area contributed by atoms with E-state index in [1.165, 1.54) is 36.9 Å². The van der Waals surface area contributed by atoms with Crippen LogP contribution in [0.4, 0.5) is 0 Å². The number of hydrogen-bond acceptors (Lipinski definition) is 2. The van der Waals surface area contributed by atoms with Crippen molar-refractivity contribution < 1.29 is 0 Å². The zero-order valence-corrected chi connectivity index (χ0v) is 12.0. The van der Waals surface area contributed by atoms with Gasteiger partial charge in [0.25, 0.3) is 0 Å². The fourth-order valence-electron chi connectivity index (χ4n) is 2.46. The molecule has 0 aliphatic heterocycles. The van der Waals surface area contributed by atoms with Crippen molar-refractivity contribution in [3.63, 3.8) is 0 Å². The molecule has 18 heavy (non-hydrogen) atoms. The van der Waals surface area contributed by atoms with Crippen LogP contribution in [0.5, 0.6) is 0 Å². The summed E-state index contributed by atoms with van der Waals surface area (Å²) in [6.45, 7) is 5.87. The van der Waals surface area contributed by atoms with Gasteiger partial charge in [-0.1, -0.05) is 12.8 Å². The molecule has 0 spiro atoms. The summed E-state index contributed by atoms with van der Waals surface area (Å²) in [5, 5.41) is 11.8. The van der Waals surface area contributed by atoms with E-state index in [0.29, 0.717) is 6.04 Å². The van der Waals surface area contributed by atoms with Gasteiger partial charge in [0.15, 0.2) is 5.11 Å². The van der Waals surface area contributed by atoms with Crippen LogP contribution in [0.2, 0.25) is 0 Å². The summed E-state index contributed by atoms with van der Waals surface area (Å²) in [5.74, 6) is 0. The zero-order chi connectivity index (χ0) is 13.0. The molecular weight excluding hydrogens is 244 g/mol. The average Bonchev–Trinajstić information content (AvgIpc) is 2.97. The summed E-state index contributed by atoms with van der Waals surface area (Å²) in [5.41, 5.74) is 2.43. The lowest BCUT2D eigenvalue weighted by atomic mass is 10.2. The van der Waals surface area contributed by atoms with E-state index in [2.05, 4.69) is 29.6 Å². The Morgan fingerprint density at radius 2 is 2.22 bits per heavy atom. The Morgan fingerprint density at radius 3 is 2.83 bits per heavy atom. The Hall–Kier alpha value is -1.10. The molecule has 2 rings (SSSR count). The van der Waals surface area contributed by atoms with Gasteiger partial charge < -0.3 is 10.6 Å². The Labute approximate surface area is 114 Å². The highest BCUT2D eigenvalue weighted by molar-refractivity contribution is 7.80. The molecule has 1 heterocycles. The molecule has 2 N–H and O–H groups in total. The zero-order valence-electron chi connectivity index (χ0n) is 11.2. The molecule has 1 saturated carbocycles. The molecule has 0 amide bonds. The summed E-state index contributed by atoms with van der Waals surface area (Å²) in [6.07, 6.45) is 7.05. The second kappa shape index (κ2) is 6.18. The van der Waals surface area contributed by atoms with E-state index in [0.717, 1.165) is 18.2 Å². The number of nitrogens with zero attached hydrogens (tertiary/aromatic N) is 2. The SMILES string of the molecule is CCn1ncc(CNC(=S)NC2CCCC2)c1C. The first-order valence-corrected chi connectivity index (χ1v) is 7.17. The Morgan fingerprint density at radius 1 is 1.50 bits per heavy atom. The van der Waals surface area contributed by atoms with Crippen LogP contribution in [0, 0.1) is 6.92 Å². The van der Waals surface area contributed by atoms with Crippen LogP contribution in [0.3, 0.4) is 0 Å². The maximum Gasteiger partial charge on any atom is 0.166 e. The minimum atomic E-state index is 0.574. The number of aromatic nitrogens is 2. The summed E-state index contributed by atoms with van der Waals surface area (Å²) < 4.78 is 2.00. The molecule has 5 heteroatoms. The number of hydrogen-bond donors (Lipinski definition) is 2. The fraction of sp³-hybridized carbons (Fsp3) is 0.692. The minimum absolute atomic E-state index is 0.574. The minimum Gasteiger partial charge on any atom is -0.360 e. The predicted molar refractivity (Wildman–Crippen MR) is 77.5 cm³/mol. The molecule has 4 nitrogen and oxygen atoms in total. The number of nitrogens with one attached hydrogen (secondary N) is 2. The molecule has 0 aromatic carbocycles. The lowest BCUT2D eigenvalue weighted by molar-refractivity contribution is 0.620. The van der Waals surface area contributed by atoms with Gasteiger partial charge in [-0.3, -0.25) is 4.68 Å². The van der Waals surface area contributed by atoms with Crippen molar-refractivity contribution in [3.8, 4) is 0 Å². The van der Waals surface area contributed by atoms with Gasteiger partial charge in [0.2, 0.25) is 0 Å². The molecule has 1 aromatic heterocycles. The van der Waals surface area contributed by atoms with Crippen LogP contribution in [0.15, 0.2) is 6.20 Å². The Bertz CT molecular complexity index is 407. The monoisotopic (exact) mass is 266 g/mol. The molecule has 1 aliphatic rings. The topological polar surface area (TPSA) is 41.9 Å². The highest BCUT2D eigenvalue weighted by atomic mass is 32.1. The first kappa shape index (κ1) is 13.3. The maximum absolute atomic E-state index is 5.32. The lowest BCUT2D eigenvalue weighted by Gasteiger charge is -2.15. The molecule has 0 atom stereocenters. The third-order valence-electron chi connectivity index (χ3n) is 3.63. The van der Waals surface area contributed by atoms with Crippen LogP contribution in [0.25, 0.3) is 0 Å². The molecule has 1 fully saturated rings. The van der Waals surface area contributed by atoms with Gasteiger partial charge in [-0.15, -0.1) is 0 Å². The van der Waals surface area contributed by atoms with Crippen molar-refractivity contribution in [3.05, 3.63) is 17.5 Å². The first-order valence-electron chi connectivity index (χ1n) is 6.76. The van der Waals surface area contributed by atoms with Gasteiger partial charge in [0.05, 0.1) is 6.20 Å². The standard InChI is InChI=1S/C13H22N4S/c1-3-17-10(2)11(9-15-17)8-14-13(18)16-12-6-4-5-7-12/h9,12H,3-8H2,1-2H3,(H2,14,16,18). The summed E-state index contributed by atoms with van der Waals surface area (Å²) in [4.78, 5) is 0. The molecule has 0 radical (unpaired) electrons. The Balaban J connectivity index is 1.79. The summed E-state index contributed by atoms with van der Waals surface area (Å²) >= 11 is 5.32. The second-order valence-corrected chi connectivity index (χ2v) is 5.29. The molecule has 1 aliphatic carbocycles. The van der Waals surface area contributed by atoms with Crippen molar-refractivity contribution in [2.45, 2.75) is 58.7 Å². The van der Waals surface area contributed by atoms with Crippen LogP contribution < -0.4 is 10.6 Å². The van der Waals surface area contributed by atoms with Crippen molar-refractivity contribution in [1.29, 1.82) is 0 Å². The first-order chi connectivity index (χ1) is 8.70. The fourth-order valence-corrected chi connectivity index (χ4v) is 2.70. The van der Waals surface area contributed by atoms with Crippen molar-refractivity contribution in [1.82, 2.24) is 20.4 Å². The van der Waals surface area contributed by atoms with Crippen LogP contribution >= 0.6 is 12.2 Å². The van der Waals surface area contributed by atoms with E-state index in [-0.39, 0.29) is 0 Å². The van der Waals surface area contributed by atoms with E-state index in [4.69, 9.17) is 12.2 Å². The van der Waals surface area contributed by atoms with Crippen molar-refractivity contribution >= 4 is 17.3 Å². The van der Waals surface area contributed by atoms with Crippen LogP contribution in [-0.2, 0) is 13.1 Å². The largest absolute Gasteiger partial charge is 0.360 e. The van der Waals surface area contributed by atoms with Gasteiger partial charge in [-0.2, -0.15) is 5.10 Å². The van der Waals surface area contributed by atoms with Gasteiger partial charge in [0, 0.05) is 30.4 Å². The normalized spacial score (nSPS) is 15.9. The van der Waals surface area contributed by atoms with Crippen molar-refractivity contribution in [2.75, 3.05) is 0 Å². The van der Waals surface area contributed by atoms with E-state index < -0.39 is 0 Å². The van der Waals surface area contributed by atoms with E-state index in [1.54, 1.807) is 0 Å². The van der Waals surface area contributed by atoms with Crippen LogP contribution in [-0.4, -0.2) is 20.9 Å². The highest BCUT2D eigenvalue weighted by Crippen LogP contribution is 2.17. The highest BCUT2D eigenvalue weighted by Gasteiger charge is 2.15. The van der Waals surface area contributed by atoms with E-state index >= 15 is 0 Å². The summed E-state index contributed by atoms with van der Waals surface area (Å²) in [7, 11) is 0. The van der Waals surface area contributed by atoms with Gasteiger partial charge >= 0.3 is 0 Å². The quantitative estimate of drug-likeness (QED) is 0.819. The molecule has 0 unspecified atom stereocenters. The number of rotatable bonds is 4. The van der Waals surface area contributed by atoms with Gasteiger partial charge in [-0.25, -0.2) is 0 Å². The van der Waals surface area contributed by atoms with Gasteiger partial charge in [0.1, 0.15) is 0 Å². The summed E-state index contributed by atoms with van der Waals surface area (Å²) in [6, 6.07) is 0.574. The van der Waals surface area contributed by atoms with Gasteiger partial charge in [-0.05, 0) is 38.9 Å². The predicted octanol–water partition coefficient (Wildman–Crippen LogP) is 2.12. The molecule has 100 valence electrons. The smallest absolute Gasteiger partial charge is 0.166 e. The van der Waals surface area contributed by atoms with E-state index in [1.807, 2.05) is 10.9 Å². The third-order valence-corrected chi connectivity index (χ3v) is 3.90. The number of aryl methyl sites for hydroxylation is 1. The van der Waals surface area contributed by atoms with E-state index in [9.17, 15) is 0 Å². The number of thiocarbonyl (C=S) groups is 1. The third kappa shape index (κ3) is 3.22. The molecular formula is C13H22N4S. The second-order valence-electron chi connectivity index (χ2n) is 4.88.